The number of fused-ring (bicyclic) bond motifs is 8. The van der Waals surface area contributed by atoms with Crippen LogP contribution < -0.4 is 23.8 Å². The van der Waals surface area contributed by atoms with Crippen molar-refractivity contribution in [3.63, 3.8) is 0 Å². The number of rotatable bonds is 16. The van der Waals surface area contributed by atoms with Gasteiger partial charge in [-0.15, -0.1) is 0 Å². The van der Waals surface area contributed by atoms with E-state index in [-0.39, 0.29) is 0 Å². The maximum Gasteiger partial charge on any atom is 0.145 e. The predicted octanol–water partition coefficient (Wildman–Crippen LogP) is 11.3. The lowest BCUT2D eigenvalue weighted by atomic mass is 9.91. The molecular formula is C48H61N2O4. The largest absolute Gasteiger partial charge is 0.493 e. The average Bonchev–Trinajstić information content (AvgIpc) is 3.64. The van der Waals surface area contributed by atoms with Gasteiger partial charge in [0.05, 0.1) is 26.4 Å². The van der Waals surface area contributed by atoms with Crippen molar-refractivity contribution in [1.29, 1.82) is 0 Å². The molecule has 0 unspecified atom stereocenters. The zero-order valence-corrected chi connectivity index (χ0v) is 33.6. The standard InChI is InChI=1S/C48H61N2O4/c1-7-23-51-45-36-15-12-16-37(45)28-39-18-14-20-41(47(39)53-25-9-3)30-43-32-44(50-22-21-49(34-50)33-35(6)11-5)31-42(48(43)54-26-10-4)29-40-19-13-17-38(27-36)46(40)52-24-8-2/h12-22,31-32,34-35H,7-11,23-30,33H2,1-6H3/t35-/m0/s1. The Morgan fingerprint density at radius 2 is 0.852 bits per heavy atom. The van der Waals surface area contributed by atoms with Crippen LogP contribution in [0.4, 0.5) is 5.69 Å². The molecule has 0 N–H and O–H groups in total. The van der Waals surface area contributed by atoms with Crippen LogP contribution in [-0.2, 0) is 25.7 Å². The van der Waals surface area contributed by atoms with E-state index in [1.54, 1.807) is 0 Å². The molecule has 1 radical (unpaired) electrons. The summed E-state index contributed by atoms with van der Waals surface area (Å²) in [6.45, 7) is 19.1. The molecule has 1 aliphatic carbocycles. The summed E-state index contributed by atoms with van der Waals surface area (Å²) >= 11 is 0. The van der Waals surface area contributed by atoms with Crippen LogP contribution in [0.15, 0.2) is 79.1 Å². The van der Waals surface area contributed by atoms with Gasteiger partial charge >= 0.3 is 0 Å². The number of nitrogens with zero attached hydrogens (tertiary/aromatic N) is 2. The maximum atomic E-state index is 6.79. The van der Waals surface area contributed by atoms with Gasteiger partial charge in [-0.2, -0.15) is 0 Å². The predicted molar refractivity (Wildman–Crippen MR) is 222 cm³/mol. The maximum absolute atomic E-state index is 6.79. The van der Waals surface area contributed by atoms with Gasteiger partial charge in [-0.25, -0.2) is 0 Å². The van der Waals surface area contributed by atoms with E-state index in [2.05, 4.69) is 137 Å². The van der Waals surface area contributed by atoms with Crippen molar-refractivity contribution in [1.82, 2.24) is 4.90 Å². The number of hydrogen-bond acceptors (Lipinski definition) is 6. The molecule has 0 spiro atoms. The second-order valence-corrected chi connectivity index (χ2v) is 14.9. The van der Waals surface area contributed by atoms with E-state index in [0.29, 0.717) is 58.0 Å². The van der Waals surface area contributed by atoms with Crippen molar-refractivity contribution in [2.75, 3.05) is 37.9 Å². The first-order chi connectivity index (χ1) is 26.5. The molecule has 4 aromatic carbocycles. The van der Waals surface area contributed by atoms with Crippen molar-refractivity contribution in [3.05, 3.63) is 130 Å². The van der Waals surface area contributed by atoms with Gasteiger partial charge in [-0.1, -0.05) is 103 Å². The van der Waals surface area contributed by atoms with Crippen molar-refractivity contribution in [3.8, 4) is 23.0 Å². The molecule has 6 nitrogen and oxygen atoms in total. The van der Waals surface area contributed by atoms with Gasteiger partial charge in [0.25, 0.3) is 0 Å². The molecule has 1 atom stereocenters. The van der Waals surface area contributed by atoms with Crippen LogP contribution in [-0.4, -0.2) is 37.9 Å². The molecule has 0 amide bonds. The molecule has 6 heteroatoms. The first kappa shape index (κ1) is 39.1. The molecule has 0 saturated heterocycles. The lowest BCUT2D eigenvalue weighted by molar-refractivity contribution is 0.304. The van der Waals surface area contributed by atoms with E-state index in [0.717, 1.165) is 89.6 Å². The molecule has 287 valence electrons. The summed E-state index contributed by atoms with van der Waals surface area (Å²) in [4.78, 5) is 4.57. The summed E-state index contributed by atoms with van der Waals surface area (Å²) < 4.78 is 26.8. The summed E-state index contributed by atoms with van der Waals surface area (Å²) in [7, 11) is 0. The quantitative estimate of drug-likeness (QED) is 0.101. The third-order valence-corrected chi connectivity index (χ3v) is 10.3. The zero-order chi connectivity index (χ0) is 37.9. The summed E-state index contributed by atoms with van der Waals surface area (Å²) in [5.74, 6) is 4.49. The van der Waals surface area contributed by atoms with Crippen molar-refractivity contribution in [2.24, 2.45) is 5.92 Å². The Hall–Kier alpha value is -4.58. The zero-order valence-electron chi connectivity index (χ0n) is 33.6. The minimum absolute atomic E-state index is 0.604. The van der Waals surface area contributed by atoms with Gasteiger partial charge in [-0.3, -0.25) is 0 Å². The highest BCUT2D eigenvalue weighted by molar-refractivity contribution is 5.64. The number of para-hydroxylation sites is 3. The molecule has 1 aliphatic heterocycles. The van der Waals surface area contributed by atoms with Crippen LogP contribution in [0, 0.1) is 12.6 Å². The number of anilines is 1. The summed E-state index contributed by atoms with van der Waals surface area (Å²) in [6, 6.07) is 24.5. The Kier molecular flexibility index (Phi) is 13.9. The monoisotopic (exact) mass is 729 g/mol. The molecule has 4 aromatic rings. The normalized spacial score (nSPS) is 14.3. The highest BCUT2D eigenvalue weighted by atomic mass is 16.5. The number of ether oxygens (including phenoxy) is 4. The Bertz CT molecular complexity index is 1760. The first-order valence-corrected chi connectivity index (χ1v) is 20.5. The van der Waals surface area contributed by atoms with Crippen LogP contribution >= 0.6 is 0 Å². The van der Waals surface area contributed by atoms with Gasteiger partial charge in [0.1, 0.15) is 29.7 Å². The van der Waals surface area contributed by atoms with E-state index in [9.17, 15) is 0 Å². The fraction of sp³-hybridized carbons (Fsp3) is 0.438. The fourth-order valence-corrected chi connectivity index (χ4v) is 7.42. The van der Waals surface area contributed by atoms with E-state index < -0.39 is 0 Å². The van der Waals surface area contributed by atoms with E-state index in [1.165, 1.54) is 22.3 Å². The highest BCUT2D eigenvalue weighted by Crippen LogP contribution is 2.41. The molecule has 2 aliphatic rings. The molecule has 0 saturated carbocycles. The summed E-state index contributed by atoms with van der Waals surface area (Å²) in [5.41, 5.74) is 10.5. The second-order valence-electron chi connectivity index (χ2n) is 14.9. The van der Waals surface area contributed by atoms with Gasteiger partial charge in [0, 0.05) is 61.4 Å². The van der Waals surface area contributed by atoms with Crippen LogP contribution in [0.1, 0.15) is 118 Å². The minimum atomic E-state index is 0.604. The van der Waals surface area contributed by atoms with Gasteiger partial charge in [0.2, 0.25) is 0 Å². The molecule has 6 rings (SSSR count). The van der Waals surface area contributed by atoms with Crippen molar-refractivity contribution < 1.29 is 18.9 Å². The molecule has 54 heavy (non-hydrogen) atoms. The summed E-state index contributed by atoms with van der Waals surface area (Å²) in [5, 5.41) is 0. The van der Waals surface area contributed by atoms with Crippen molar-refractivity contribution in [2.45, 2.75) is 99.3 Å². The molecule has 0 fully saturated rings. The van der Waals surface area contributed by atoms with Crippen LogP contribution in [0.2, 0.25) is 0 Å². The molecular weight excluding hydrogens is 669 g/mol. The topological polar surface area (TPSA) is 43.4 Å². The van der Waals surface area contributed by atoms with E-state index in [4.69, 9.17) is 18.9 Å². The molecule has 1 heterocycles. The lowest BCUT2D eigenvalue weighted by Crippen LogP contribution is -2.23. The van der Waals surface area contributed by atoms with Crippen molar-refractivity contribution >= 4 is 5.69 Å². The van der Waals surface area contributed by atoms with Gasteiger partial charge in [0.15, 0.2) is 0 Å². The third kappa shape index (κ3) is 9.37. The lowest BCUT2D eigenvalue weighted by Gasteiger charge is -2.26. The van der Waals surface area contributed by atoms with Gasteiger partial charge in [-0.05, 0) is 77.1 Å². The molecule has 0 aromatic heterocycles. The first-order valence-electron chi connectivity index (χ1n) is 20.5. The summed E-state index contributed by atoms with van der Waals surface area (Å²) in [6.07, 6.45) is 12.0. The fourth-order valence-electron chi connectivity index (χ4n) is 7.42. The van der Waals surface area contributed by atoms with Crippen LogP contribution in [0.5, 0.6) is 23.0 Å². The highest BCUT2D eigenvalue weighted by Gasteiger charge is 2.25. The Morgan fingerprint density at radius 3 is 1.20 bits per heavy atom. The Morgan fingerprint density at radius 1 is 0.500 bits per heavy atom. The Labute approximate surface area is 325 Å². The second kappa shape index (κ2) is 19.1. The molecule has 8 bridgehead atoms. The minimum Gasteiger partial charge on any atom is -0.493 e. The van der Waals surface area contributed by atoms with Crippen LogP contribution in [0.3, 0.4) is 0 Å². The van der Waals surface area contributed by atoms with Gasteiger partial charge < -0.3 is 28.7 Å². The van der Waals surface area contributed by atoms with E-state index in [1.807, 2.05) is 0 Å². The third-order valence-electron chi connectivity index (χ3n) is 10.3. The van der Waals surface area contributed by atoms with E-state index >= 15 is 0 Å². The number of benzene rings is 4. The average molecular weight is 730 g/mol. The number of hydrogen-bond donors (Lipinski definition) is 0. The Balaban J connectivity index is 1.57. The SMILES string of the molecule is CCCOc1c2cccc1Cc1cccc(c1OCCC)Cc1cc(N3[CH]N(C[C@@H](C)CC)C=C3)cc(c1OCCC)Cc1cccc(c1OCCC)C2. The van der Waals surface area contributed by atoms with Crippen LogP contribution in [0.25, 0.3) is 0 Å². The smallest absolute Gasteiger partial charge is 0.145 e.